The van der Waals surface area contributed by atoms with Crippen LogP contribution in [0.3, 0.4) is 0 Å². The van der Waals surface area contributed by atoms with E-state index in [2.05, 4.69) is 45.7 Å². The predicted octanol–water partition coefficient (Wildman–Crippen LogP) is 2.97. The van der Waals surface area contributed by atoms with Gasteiger partial charge in [-0.1, -0.05) is 42.5 Å². The van der Waals surface area contributed by atoms with E-state index in [0.717, 1.165) is 12.6 Å². The molecule has 0 amide bonds. The van der Waals surface area contributed by atoms with E-state index in [-0.39, 0.29) is 0 Å². The van der Waals surface area contributed by atoms with Crippen molar-refractivity contribution in [3.8, 4) is 0 Å². The number of hydrogen-bond donors (Lipinski definition) is 0. The van der Waals surface area contributed by atoms with Crippen LogP contribution in [0.15, 0.2) is 36.4 Å². The maximum absolute atomic E-state index is 2.72. The quantitative estimate of drug-likeness (QED) is 0.602. The fraction of sp³-hybridized carbons (Fsp3) is 0.200. The van der Waals surface area contributed by atoms with E-state index < -0.39 is 0 Å². The van der Waals surface area contributed by atoms with Crippen molar-refractivity contribution in [2.24, 2.45) is 0 Å². The van der Waals surface area contributed by atoms with Gasteiger partial charge in [0.2, 0.25) is 0 Å². The molecule has 0 aliphatic rings. The maximum Gasteiger partial charge on any atom is -0.0260 e. The molecule has 0 aromatic heterocycles. The van der Waals surface area contributed by atoms with E-state index >= 15 is 0 Å². The Morgan fingerprint density at radius 3 is 2.55 bits per heavy atom. The van der Waals surface area contributed by atoms with E-state index in [0.29, 0.717) is 0 Å². The lowest BCUT2D eigenvalue weighted by Crippen LogP contribution is -1.69. The largest absolute Gasteiger partial charge is 0.137 e. The molecule has 0 nitrogen and oxygen atoms in total. The molecular formula is C10H13P. The maximum atomic E-state index is 2.72. The molecule has 1 rings (SSSR count). The van der Waals surface area contributed by atoms with Crippen molar-refractivity contribution in [2.45, 2.75) is 6.42 Å². The highest BCUT2D eigenvalue weighted by molar-refractivity contribution is 7.16. The summed E-state index contributed by atoms with van der Waals surface area (Å²) in [5.74, 6) is 0. The van der Waals surface area contributed by atoms with Gasteiger partial charge in [0, 0.05) is 0 Å². The molecule has 1 aromatic carbocycles. The summed E-state index contributed by atoms with van der Waals surface area (Å²) < 4.78 is 0. The second kappa shape index (κ2) is 5.09. The van der Waals surface area contributed by atoms with Gasteiger partial charge in [0.25, 0.3) is 0 Å². The van der Waals surface area contributed by atoms with E-state index in [1.165, 1.54) is 5.56 Å². The summed E-state index contributed by atoms with van der Waals surface area (Å²) in [5, 5.41) is 0. The highest BCUT2D eigenvalue weighted by Gasteiger charge is 1.80. The Labute approximate surface area is 70.5 Å². The van der Waals surface area contributed by atoms with Gasteiger partial charge in [-0.05, 0) is 18.1 Å². The first-order valence-corrected chi connectivity index (χ1v) is 4.67. The molecule has 1 aromatic rings. The number of benzene rings is 1. The van der Waals surface area contributed by atoms with Gasteiger partial charge >= 0.3 is 0 Å². The molecule has 0 fully saturated rings. The first-order valence-electron chi connectivity index (χ1n) is 3.85. The van der Waals surface area contributed by atoms with Crippen LogP contribution in [0.4, 0.5) is 0 Å². The summed E-state index contributed by atoms with van der Waals surface area (Å²) >= 11 is 0. The zero-order chi connectivity index (χ0) is 7.94. The van der Waals surface area contributed by atoms with Crippen molar-refractivity contribution in [1.82, 2.24) is 0 Å². The second-order valence-corrected chi connectivity index (χ2v) is 2.97. The number of rotatable bonds is 3. The summed E-state index contributed by atoms with van der Waals surface area (Å²) in [6, 6.07) is 10.4. The molecule has 0 aliphatic heterocycles. The van der Waals surface area contributed by atoms with Crippen LogP contribution in [-0.2, 0) is 0 Å². The minimum absolute atomic E-state index is 1.14. The fourth-order valence-corrected chi connectivity index (χ4v) is 1.07. The topological polar surface area (TPSA) is 0 Å². The highest BCUT2D eigenvalue weighted by Crippen LogP contribution is 2.02. The average Bonchev–Trinajstić information content (AvgIpc) is 2.07. The summed E-state index contributed by atoms with van der Waals surface area (Å²) in [7, 11) is 2.72. The van der Waals surface area contributed by atoms with Crippen LogP contribution < -0.4 is 0 Å². The highest BCUT2D eigenvalue weighted by atomic mass is 31.0. The van der Waals surface area contributed by atoms with Crippen LogP contribution in [0.5, 0.6) is 0 Å². The smallest absolute Gasteiger partial charge is 0.0260 e. The fourth-order valence-electron chi connectivity index (χ4n) is 0.880. The van der Waals surface area contributed by atoms with Gasteiger partial charge < -0.3 is 0 Å². The lowest BCUT2D eigenvalue weighted by atomic mass is 10.2. The first kappa shape index (κ1) is 8.49. The minimum atomic E-state index is 1.14. The second-order valence-electron chi connectivity index (χ2n) is 2.39. The van der Waals surface area contributed by atoms with E-state index in [1.54, 1.807) is 0 Å². The lowest BCUT2D eigenvalue weighted by molar-refractivity contribution is 1.26. The summed E-state index contributed by atoms with van der Waals surface area (Å²) in [5.41, 5.74) is 1.28. The van der Waals surface area contributed by atoms with Crippen LogP contribution in [0.25, 0.3) is 6.08 Å². The van der Waals surface area contributed by atoms with E-state index in [4.69, 9.17) is 0 Å². The van der Waals surface area contributed by atoms with Gasteiger partial charge in [0.1, 0.15) is 0 Å². The van der Waals surface area contributed by atoms with Crippen molar-refractivity contribution in [3.63, 3.8) is 0 Å². The van der Waals surface area contributed by atoms with Crippen LogP contribution in [0.2, 0.25) is 0 Å². The summed E-state index contributed by atoms with van der Waals surface area (Å²) in [6.45, 7) is 0. The summed E-state index contributed by atoms with van der Waals surface area (Å²) in [4.78, 5) is 0. The third-order valence-corrected chi connectivity index (χ3v) is 1.78. The molecule has 0 spiro atoms. The lowest BCUT2D eigenvalue weighted by Gasteiger charge is -1.89. The normalized spacial score (nSPS) is 10.6. The van der Waals surface area contributed by atoms with Crippen LogP contribution >= 0.6 is 9.24 Å². The number of allylic oxidation sites excluding steroid dienone is 1. The zero-order valence-corrected chi connectivity index (χ0v) is 7.69. The summed E-state index contributed by atoms with van der Waals surface area (Å²) in [6.07, 6.45) is 6.63. The molecule has 1 atom stereocenters. The van der Waals surface area contributed by atoms with Crippen molar-refractivity contribution < 1.29 is 0 Å². The van der Waals surface area contributed by atoms with Gasteiger partial charge in [-0.2, -0.15) is 0 Å². The molecule has 0 saturated heterocycles. The third kappa shape index (κ3) is 3.34. The predicted molar refractivity (Wildman–Crippen MR) is 54.7 cm³/mol. The van der Waals surface area contributed by atoms with Crippen LogP contribution in [0.1, 0.15) is 12.0 Å². The van der Waals surface area contributed by atoms with Crippen molar-refractivity contribution >= 4 is 15.3 Å². The van der Waals surface area contributed by atoms with Gasteiger partial charge in [0.15, 0.2) is 0 Å². The van der Waals surface area contributed by atoms with Crippen LogP contribution in [-0.4, -0.2) is 6.16 Å². The zero-order valence-electron chi connectivity index (χ0n) is 6.53. The molecule has 0 radical (unpaired) electrons. The Morgan fingerprint density at radius 2 is 1.91 bits per heavy atom. The third-order valence-electron chi connectivity index (χ3n) is 1.44. The first-order chi connectivity index (χ1) is 5.43. The molecule has 0 bridgehead atoms. The van der Waals surface area contributed by atoms with Gasteiger partial charge in [-0.3, -0.25) is 0 Å². The van der Waals surface area contributed by atoms with Crippen molar-refractivity contribution in [2.75, 3.05) is 6.16 Å². The molecule has 1 heteroatoms. The van der Waals surface area contributed by atoms with Crippen LogP contribution in [0, 0.1) is 0 Å². The monoisotopic (exact) mass is 164 g/mol. The van der Waals surface area contributed by atoms with E-state index in [1.807, 2.05) is 6.07 Å². The molecule has 0 heterocycles. The van der Waals surface area contributed by atoms with Crippen molar-refractivity contribution in [1.29, 1.82) is 0 Å². The Balaban J connectivity index is 2.50. The molecule has 0 saturated carbocycles. The Hall–Kier alpha value is -0.610. The molecule has 11 heavy (non-hydrogen) atoms. The molecule has 58 valence electrons. The Morgan fingerprint density at radius 1 is 1.18 bits per heavy atom. The van der Waals surface area contributed by atoms with Gasteiger partial charge in [0.05, 0.1) is 0 Å². The van der Waals surface area contributed by atoms with Gasteiger partial charge in [-0.15, -0.1) is 9.24 Å². The van der Waals surface area contributed by atoms with Crippen molar-refractivity contribution in [3.05, 3.63) is 42.0 Å². The SMILES string of the molecule is PCCC=Cc1ccccc1. The molecule has 1 unspecified atom stereocenters. The molecule has 0 N–H and O–H groups in total. The average molecular weight is 164 g/mol. The number of hydrogen-bond acceptors (Lipinski definition) is 0. The Kier molecular flexibility index (Phi) is 3.93. The molecular weight excluding hydrogens is 151 g/mol. The molecule has 0 aliphatic carbocycles. The minimum Gasteiger partial charge on any atom is -0.137 e. The standard InChI is InChI=1S/C10H13P/c11-9-5-4-8-10-6-2-1-3-7-10/h1-4,6-8H,5,9,11H2. The van der Waals surface area contributed by atoms with Gasteiger partial charge in [-0.25, -0.2) is 0 Å². The Bertz CT molecular complexity index is 214. The van der Waals surface area contributed by atoms with E-state index in [9.17, 15) is 0 Å².